The van der Waals surface area contributed by atoms with Gasteiger partial charge in [-0.25, -0.2) is 0 Å². The molecule has 0 fully saturated rings. The Morgan fingerprint density at radius 3 is 2.92 bits per heavy atom. The molecule has 0 aliphatic heterocycles. The molecule has 0 spiro atoms. The average molecular weight is 339 g/mol. The normalized spacial score (nSPS) is 25.9. The highest BCUT2D eigenvalue weighted by Crippen LogP contribution is 2.57. The van der Waals surface area contributed by atoms with Crippen LogP contribution in [0, 0.1) is 0 Å². The number of fused-ring (bicyclic) bond motifs is 1. The van der Waals surface area contributed by atoms with Crippen molar-refractivity contribution in [3.63, 3.8) is 0 Å². The summed E-state index contributed by atoms with van der Waals surface area (Å²) in [7, 11) is 1.72. The molecule has 0 saturated heterocycles. The van der Waals surface area contributed by atoms with Crippen LogP contribution in [0.4, 0.5) is 0 Å². The molecule has 0 saturated carbocycles. The van der Waals surface area contributed by atoms with Gasteiger partial charge >= 0.3 is 0 Å². The van der Waals surface area contributed by atoms with Crippen molar-refractivity contribution in [3.8, 4) is 5.75 Å². The number of methoxy groups -OCH3 is 1. The molecule has 1 aliphatic carbocycles. The summed E-state index contributed by atoms with van der Waals surface area (Å²) >= 11 is 6.07. The van der Waals surface area contributed by atoms with E-state index in [0.717, 1.165) is 5.75 Å². The highest BCUT2D eigenvalue weighted by Gasteiger charge is 2.36. The first-order valence-corrected chi connectivity index (χ1v) is 5.86. The number of hydrogen-bond donors (Lipinski definition) is 0. The van der Waals surface area contributed by atoms with Crippen LogP contribution in [0.2, 0.25) is 0 Å². The van der Waals surface area contributed by atoms with Crippen LogP contribution in [0.1, 0.15) is 19.9 Å². The molecule has 2 unspecified atom stereocenters. The molecule has 0 aromatic heterocycles. The van der Waals surface area contributed by atoms with Crippen LogP contribution in [0.15, 0.2) is 18.2 Å². The average Bonchev–Trinajstić information content (AvgIpc) is 2.15. The summed E-state index contributed by atoms with van der Waals surface area (Å²) in [6.45, 7) is 0. The molecule has 0 N–H and O–H groups in total. The van der Waals surface area contributed by atoms with Crippen molar-refractivity contribution in [3.05, 3.63) is 29.3 Å². The molecule has 0 radical (unpaired) electrons. The molecule has 1 aromatic rings. The van der Waals surface area contributed by atoms with Crippen LogP contribution < -0.4 is 4.74 Å². The van der Waals surface area contributed by atoms with Crippen LogP contribution in [0.3, 0.4) is 0 Å². The summed E-state index contributed by atoms with van der Waals surface area (Å²) < 4.78 is 5.85. The van der Waals surface area contributed by atoms with E-state index < -0.39 is 0 Å². The van der Waals surface area contributed by atoms with Crippen LogP contribution in [-0.2, 0) is 0 Å². The van der Waals surface area contributed by atoms with Crippen molar-refractivity contribution in [2.45, 2.75) is 8.75 Å². The van der Waals surface area contributed by atoms with Gasteiger partial charge in [-0.3, -0.25) is 0 Å². The summed E-state index contributed by atoms with van der Waals surface area (Å²) in [6, 6.07) is 6.21. The van der Waals surface area contributed by atoms with E-state index >= 15 is 0 Å². The fourth-order valence-electron chi connectivity index (χ4n) is 1.48. The molecule has 0 heterocycles. The second-order valence-electron chi connectivity index (χ2n) is 2.77. The lowest BCUT2D eigenvalue weighted by Gasteiger charge is -2.33. The first-order chi connectivity index (χ1) is 5.75. The van der Waals surface area contributed by atoms with Crippen molar-refractivity contribution >= 4 is 38.5 Å². The van der Waals surface area contributed by atoms with Crippen molar-refractivity contribution in [1.82, 2.24) is 0 Å². The van der Waals surface area contributed by atoms with Gasteiger partial charge in [0, 0.05) is 5.56 Å². The molecule has 3 heteroatoms. The van der Waals surface area contributed by atoms with Gasteiger partial charge in [0.2, 0.25) is 0 Å². The summed E-state index contributed by atoms with van der Waals surface area (Å²) in [4.78, 5) is 0.462. The molecule has 0 bridgehead atoms. The number of alkyl halides is 2. The Bertz CT molecular complexity index is 299. The standard InChI is InChI=1S/C9H8BrIO/c1-12-6-4-2-3-5-7(6)8(10)9(5)11/h2-4,8-9H,1H3. The molecular formula is C9H8BrIO. The van der Waals surface area contributed by atoms with Crippen molar-refractivity contribution in [2.24, 2.45) is 0 Å². The van der Waals surface area contributed by atoms with Crippen molar-refractivity contribution in [2.75, 3.05) is 7.11 Å². The van der Waals surface area contributed by atoms with Gasteiger partial charge in [0.05, 0.1) is 15.9 Å². The predicted molar refractivity (Wildman–Crippen MR) is 61.4 cm³/mol. The van der Waals surface area contributed by atoms with Crippen LogP contribution in [-0.4, -0.2) is 7.11 Å². The Morgan fingerprint density at radius 2 is 2.25 bits per heavy atom. The van der Waals surface area contributed by atoms with E-state index in [0.29, 0.717) is 8.75 Å². The lowest BCUT2D eigenvalue weighted by molar-refractivity contribution is 0.405. The molecule has 12 heavy (non-hydrogen) atoms. The highest BCUT2D eigenvalue weighted by atomic mass is 127. The van der Waals surface area contributed by atoms with E-state index in [1.807, 2.05) is 12.1 Å². The van der Waals surface area contributed by atoms with Gasteiger partial charge in [-0.2, -0.15) is 0 Å². The maximum atomic E-state index is 5.26. The third kappa shape index (κ3) is 1.09. The summed E-state index contributed by atoms with van der Waals surface area (Å²) in [5.41, 5.74) is 2.72. The van der Waals surface area contributed by atoms with Crippen LogP contribution in [0.5, 0.6) is 5.75 Å². The van der Waals surface area contributed by atoms with E-state index in [2.05, 4.69) is 44.6 Å². The Balaban J connectivity index is 2.51. The molecule has 64 valence electrons. The summed E-state index contributed by atoms with van der Waals surface area (Å²) in [5.74, 6) is 1.00. The lowest BCUT2D eigenvalue weighted by atomic mass is 9.87. The molecule has 2 rings (SSSR count). The van der Waals surface area contributed by atoms with Gasteiger partial charge in [0.1, 0.15) is 5.75 Å². The minimum Gasteiger partial charge on any atom is -0.496 e. The molecule has 1 aromatic carbocycles. The monoisotopic (exact) mass is 338 g/mol. The molecule has 2 atom stereocenters. The zero-order valence-electron chi connectivity index (χ0n) is 6.55. The van der Waals surface area contributed by atoms with Crippen LogP contribution in [0.25, 0.3) is 0 Å². The predicted octanol–water partition coefficient (Wildman–Crippen LogP) is 3.62. The van der Waals surface area contributed by atoms with Gasteiger partial charge in [0.25, 0.3) is 0 Å². The van der Waals surface area contributed by atoms with Crippen molar-refractivity contribution < 1.29 is 4.74 Å². The maximum Gasteiger partial charge on any atom is 0.123 e. The maximum absolute atomic E-state index is 5.26. The van der Waals surface area contributed by atoms with Crippen molar-refractivity contribution in [1.29, 1.82) is 0 Å². The number of halogens is 2. The largest absolute Gasteiger partial charge is 0.496 e. The second-order valence-corrected chi connectivity index (χ2v) is 5.10. The smallest absolute Gasteiger partial charge is 0.123 e. The third-order valence-corrected chi connectivity index (χ3v) is 5.51. The van der Waals surface area contributed by atoms with Gasteiger partial charge in [-0.05, 0) is 11.6 Å². The van der Waals surface area contributed by atoms with E-state index in [4.69, 9.17) is 4.74 Å². The highest BCUT2D eigenvalue weighted by molar-refractivity contribution is 14.1. The van der Waals surface area contributed by atoms with Gasteiger partial charge in [-0.15, -0.1) is 0 Å². The Kier molecular flexibility index (Phi) is 2.33. The molecule has 0 amide bonds. The van der Waals surface area contributed by atoms with E-state index in [1.54, 1.807) is 7.11 Å². The first-order valence-electron chi connectivity index (χ1n) is 3.70. The van der Waals surface area contributed by atoms with Gasteiger partial charge in [-0.1, -0.05) is 50.7 Å². The summed E-state index contributed by atoms with van der Waals surface area (Å²) in [5, 5.41) is 0. The van der Waals surface area contributed by atoms with Gasteiger partial charge < -0.3 is 4.74 Å². The van der Waals surface area contributed by atoms with E-state index in [-0.39, 0.29) is 0 Å². The number of hydrogen-bond acceptors (Lipinski definition) is 1. The zero-order valence-corrected chi connectivity index (χ0v) is 10.3. The Labute approximate surface area is 93.8 Å². The van der Waals surface area contributed by atoms with Crippen LogP contribution >= 0.6 is 38.5 Å². The minimum absolute atomic E-state index is 0.462. The third-order valence-electron chi connectivity index (χ3n) is 2.15. The molecular weight excluding hydrogens is 331 g/mol. The number of ether oxygens (including phenoxy) is 1. The number of benzene rings is 1. The molecule has 1 aliphatic rings. The summed E-state index contributed by atoms with van der Waals surface area (Å²) in [6.07, 6.45) is 0. The lowest BCUT2D eigenvalue weighted by Crippen LogP contribution is -2.15. The fourth-order valence-corrected chi connectivity index (χ4v) is 3.16. The quantitative estimate of drug-likeness (QED) is 0.561. The van der Waals surface area contributed by atoms with E-state index in [1.165, 1.54) is 11.1 Å². The second kappa shape index (κ2) is 3.18. The fraction of sp³-hybridized carbons (Fsp3) is 0.333. The Hall–Kier alpha value is 0.230. The first kappa shape index (κ1) is 8.81. The topological polar surface area (TPSA) is 9.23 Å². The number of rotatable bonds is 1. The minimum atomic E-state index is 0.462. The van der Waals surface area contributed by atoms with Gasteiger partial charge in [0.15, 0.2) is 0 Å². The Morgan fingerprint density at radius 1 is 1.50 bits per heavy atom. The molecule has 1 nitrogen and oxygen atoms in total. The SMILES string of the molecule is COc1cccc2c1C(Br)C2I. The zero-order chi connectivity index (χ0) is 8.72. The van der Waals surface area contributed by atoms with E-state index in [9.17, 15) is 0 Å².